The van der Waals surface area contributed by atoms with Crippen molar-refractivity contribution in [3.05, 3.63) is 34.9 Å². The lowest BCUT2D eigenvalue weighted by Crippen LogP contribution is -2.52. The molecule has 2 saturated heterocycles. The van der Waals surface area contributed by atoms with E-state index in [1.54, 1.807) is 0 Å². The van der Waals surface area contributed by atoms with Crippen LogP contribution in [0.3, 0.4) is 0 Å². The van der Waals surface area contributed by atoms with Gasteiger partial charge in [0.05, 0.1) is 10.8 Å². The van der Waals surface area contributed by atoms with E-state index < -0.39 is 5.41 Å². The number of likely N-dealkylation sites (tertiary alicyclic amines) is 1. The lowest BCUT2D eigenvalue weighted by atomic mass is 9.63. The highest BCUT2D eigenvalue weighted by Crippen LogP contribution is 2.47. The molecule has 3 fully saturated rings. The molecule has 4 nitrogen and oxygen atoms in total. The largest absolute Gasteiger partial charge is 0.356 e. The topological polar surface area (TPSA) is 49.4 Å². The number of hydrogen-bond donors (Lipinski definition) is 1. The number of nitrogens with one attached hydrogen (secondary N) is 1. The van der Waals surface area contributed by atoms with Gasteiger partial charge in [-0.3, -0.25) is 9.59 Å². The zero-order valence-corrected chi connectivity index (χ0v) is 14.6. The minimum Gasteiger partial charge on any atom is -0.356 e. The van der Waals surface area contributed by atoms with Crippen LogP contribution in [0.1, 0.15) is 44.1 Å². The Kier molecular flexibility index (Phi) is 3.83. The molecule has 24 heavy (non-hydrogen) atoms. The van der Waals surface area contributed by atoms with Crippen molar-refractivity contribution in [2.75, 3.05) is 19.6 Å². The van der Waals surface area contributed by atoms with Crippen molar-refractivity contribution < 1.29 is 9.59 Å². The Labute approximate surface area is 147 Å². The van der Waals surface area contributed by atoms with Gasteiger partial charge < -0.3 is 10.2 Å². The molecule has 1 N–H and O–H groups in total. The van der Waals surface area contributed by atoms with E-state index in [0.717, 1.165) is 50.6 Å². The summed E-state index contributed by atoms with van der Waals surface area (Å²) in [4.78, 5) is 27.6. The number of hydrogen-bond acceptors (Lipinski definition) is 2. The predicted molar refractivity (Wildman–Crippen MR) is 92.9 cm³/mol. The van der Waals surface area contributed by atoms with Gasteiger partial charge in [-0.1, -0.05) is 30.2 Å². The van der Waals surface area contributed by atoms with Gasteiger partial charge in [0.1, 0.15) is 0 Å². The quantitative estimate of drug-likeness (QED) is 0.895. The van der Waals surface area contributed by atoms with Gasteiger partial charge in [-0.15, -0.1) is 0 Å². The first-order valence-corrected chi connectivity index (χ1v) is 9.27. The van der Waals surface area contributed by atoms with Crippen LogP contribution in [0.25, 0.3) is 0 Å². The minimum absolute atomic E-state index is 0.137. The number of amides is 2. The molecular weight excluding hydrogens is 324 g/mol. The number of benzene rings is 1. The van der Waals surface area contributed by atoms with Crippen LogP contribution in [0.4, 0.5) is 0 Å². The highest BCUT2D eigenvalue weighted by molar-refractivity contribution is 6.30. The lowest BCUT2D eigenvalue weighted by Gasteiger charge is -2.43. The summed E-state index contributed by atoms with van der Waals surface area (Å²) in [6.45, 7) is 2.04. The molecule has 1 aromatic carbocycles. The molecule has 3 aliphatic rings. The fourth-order valence-electron chi connectivity index (χ4n) is 4.59. The van der Waals surface area contributed by atoms with Crippen molar-refractivity contribution in [3.63, 3.8) is 0 Å². The summed E-state index contributed by atoms with van der Waals surface area (Å²) in [6, 6.07) is 7.70. The van der Waals surface area contributed by atoms with Crippen molar-refractivity contribution in [2.24, 2.45) is 5.41 Å². The highest BCUT2D eigenvalue weighted by atomic mass is 35.5. The van der Waals surface area contributed by atoms with Crippen molar-refractivity contribution in [1.82, 2.24) is 10.2 Å². The molecule has 0 aromatic heterocycles. The fourth-order valence-corrected chi connectivity index (χ4v) is 4.72. The van der Waals surface area contributed by atoms with E-state index in [0.29, 0.717) is 18.1 Å². The Balaban J connectivity index is 1.57. The van der Waals surface area contributed by atoms with Crippen LogP contribution in [0.5, 0.6) is 0 Å². The fraction of sp³-hybridized carbons (Fsp3) is 0.579. The summed E-state index contributed by atoms with van der Waals surface area (Å²) in [5, 5.41) is 3.68. The number of rotatable bonds is 2. The van der Waals surface area contributed by atoms with Crippen LogP contribution in [0, 0.1) is 5.41 Å². The molecule has 0 bridgehead atoms. The first kappa shape index (κ1) is 15.9. The summed E-state index contributed by atoms with van der Waals surface area (Å²) in [5.74, 6) is 0.338. The molecule has 128 valence electrons. The Bertz CT molecular complexity index is 668. The molecular formula is C19H23ClN2O2. The molecule has 1 saturated carbocycles. The number of piperidine rings is 1. The van der Waals surface area contributed by atoms with Gasteiger partial charge in [0.25, 0.3) is 0 Å². The normalized spacial score (nSPS) is 28.5. The van der Waals surface area contributed by atoms with Gasteiger partial charge >= 0.3 is 0 Å². The summed E-state index contributed by atoms with van der Waals surface area (Å²) in [6.07, 6.45) is 5.56. The first-order valence-electron chi connectivity index (χ1n) is 8.90. The maximum absolute atomic E-state index is 13.3. The van der Waals surface area contributed by atoms with E-state index in [-0.39, 0.29) is 17.2 Å². The van der Waals surface area contributed by atoms with Crippen LogP contribution < -0.4 is 5.32 Å². The van der Waals surface area contributed by atoms with Crippen LogP contribution in [0.2, 0.25) is 5.02 Å². The number of carbonyl (C=O) groups is 2. The first-order chi connectivity index (χ1) is 11.6. The van der Waals surface area contributed by atoms with Crippen LogP contribution in [0.15, 0.2) is 24.3 Å². The second kappa shape index (κ2) is 5.76. The smallest absolute Gasteiger partial charge is 0.233 e. The molecule has 0 unspecified atom stereocenters. The molecule has 0 radical (unpaired) electrons. The Morgan fingerprint density at radius 2 is 1.83 bits per heavy atom. The third kappa shape index (κ3) is 2.34. The monoisotopic (exact) mass is 346 g/mol. The Morgan fingerprint density at radius 1 is 1.08 bits per heavy atom. The molecule has 2 aliphatic heterocycles. The van der Waals surface area contributed by atoms with E-state index in [1.165, 1.54) is 0 Å². The number of halogens is 1. The summed E-state index contributed by atoms with van der Waals surface area (Å²) in [7, 11) is 0. The van der Waals surface area contributed by atoms with Crippen LogP contribution >= 0.6 is 11.6 Å². The molecule has 1 atom stereocenters. The number of carbonyl (C=O) groups excluding carboxylic acids is 2. The summed E-state index contributed by atoms with van der Waals surface area (Å²) >= 11 is 6.00. The summed E-state index contributed by atoms with van der Waals surface area (Å²) < 4.78 is 0. The van der Waals surface area contributed by atoms with Gasteiger partial charge in [-0.05, 0) is 49.8 Å². The van der Waals surface area contributed by atoms with Gasteiger partial charge in [0.2, 0.25) is 11.8 Å². The van der Waals surface area contributed by atoms with Crippen molar-refractivity contribution in [2.45, 2.75) is 43.9 Å². The molecule has 4 rings (SSSR count). The van der Waals surface area contributed by atoms with Gasteiger partial charge in [0.15, 0.2) is 0 Å². The molecule has 2 amide bonds. The van der Waals surface area contributed by atoms with Gasteiger partial charge in [0, 0.05) is 24.7 Å². The molecule has 1 aliphatic carbocycles. The molecule has 2 heterocycles. The maximum atomic E-state index is 13.3. The van der Waals surface area contributed by atoms with Crippen molar-refractivity contribution in [3.8, 4) is 0 Å². The average Bonchev–Trinajstić information content (AvgIpc) is 2.96. The van der Waals surface area contributed by atoms with E-state index in [1.807, 2.05) is 29.2 Å². The zero-order valence-electron chi connectivity index (χ0n) is 13.8. The number of nitrogens with zero attached hydrogens (tertiary/aromatic N) is 1. The molecule has 5 heteroatoms. The van der Waals surface area contributed by atoms with E-state index in [4.69, 9.17) is 11.6 Å². The second-order valence-electron chi connectivity index (χ2n) is 7.56. The lowest BCUT2D eigenvalue weighted by molar-refractivity contribution is -0.141. The van der Waals surface area contributed by atoms with Gasteiger partial charge in [-0.2, -0.15) is 0 Å². The minimum atomic E-state index is -0.402. The van der Waals surface area contributed by atoms with Gasteiger partial charge in [-0.25, -0.2) is 0 Å². The van der Waals surface area contributed by atoms with Crippen molar-refractivity contribution >= 4 is 23.4 Å². The summed E-state index contributed by atoms with van der Waals surface area (Å²) in [5.41, 5.74) is 0.317. The average molecular weight is 347 g/mol. The van der Waals surface area contributed by atoms with E-state index in [9.17, 15) is 9.59 Å². The zero-order chi connectivity index (χ0) is 16.8. The van der Waals surface area contributed by atoms with Crippen molar-refractivity contribution in [1.29, 1.82) is 0 Å². The van der Waals surface area contributed by atoms with E-state index in [2.05, 4.69) is 5.32 Å². The third-order valence-electron chi connectivity index (χ3n) is 6.25. The standard InChI is InChI=1S/C19H23ClN2O2/c20-15-5-3-14(4-6-15)19(8-1-9-19)17(24)22-12-10-18(13-22)7-2-11-21-16(18)23/h3-6H,1-2,7-13H2,(H,21,23)/t18-/m1/s1. The highest BCUT2D eigenvalue weighted by Gasteiger charge is 2.53. The van der Waals surface area contributed by atoms with Crippen LogP contribution in [-0.2, 0) is 15.0 Å². The maximum Gasteiger partial charge on any atom is 0.233 e. The van der Waals surface area contributed by atoms with E-state index >= 15 is 0 Å². The Hall–Kier alpha value is -1.55. The third-order valence-corrected chi connectivity index (χ3v) is 6.51. The second-order valence-corrected chi connectivity index (χ2v) is 8.00. The predicted octanol–water partition coefficient (Wildman–Crippen LogP) is 2.89. The molecule has 1 aromatic rings. The molecule has 1 spiro atoms. The van der Waals surface area contributed by atoms with Crippen LogP contribution in [-0.4, -0.2) is 36.3 Å². The Morgan fingerprint density at radius 3 is 2.46 bits per heavy atom. The SMILES string of the molecule is O=C(N1CC[C@]2(CCCNC2=O)C1)C1(c2ccc(Cl)cc2)CCC1.